The van der Waals surface area contributed by atoms with E-state index in [1.165, 1.54) is 6.07 Å². The van der Waals surface area contributed by atoms with E-state index in [-0.39, 0.29) is 24.8 Å². The van der Waals surface area contributed by atoms with Gasteiger partial charge in [-0.1, -0.05) is 6.07 Å². The van der Waals surface area contributed by atoms with Crippen molar-refractivity contribution in [3.8, 4) is 5.88 Å². The number of ether oxygens (including phenoxy) is 1. The summed E-state index contributed by atoms with van der Waals surface area (Å²) in [7, 11) is 0. The highest BCUT2D eigenvalue weighted by Crippen LogP contribution is 2.18. The lowest BCUT2D eigenvalue weighted by atomic mass is 10.2. The van der Waals surface area contributed by atoms with Crippen molar-refractivity contribution in [3.05, 3.63) is 23.4 Å². The van der Waals surface area contributed by atoms with Gasteiger partial charge >= 0.3 is 6.18 Å². The minimum atomic E-state index is -4.35. The molecule has 0 aliphatic carbocycles. The predicted molar refractivity (Wildman–Crippen MR) is 55.7 cm³/mol. The van der Waals surface area contributed by atoms with Gasteiger partial charge < -0.3 is 10.5 Å². The monoisotopic (exact) mass is 256 g/mol. The highest BCUT2D eigenvalue weighted by molar-refractivity contribution is 5.85. The average molecular weight is 257 g/mol. The summed E-state index contributed by atoms with van der Waals surface area (Å²) >= 11 is 0. The number of nitrogens with two attached hydrogens (primary N) is 1. The Kier molecular flexibility index (Phi) is 5.53. The Morgan fingerprint density at radius 3 is 2.50 bits per heavy atom. The Morgan fingerprint density at radius 1 is 1.38 bits per heavy atom. The van der Waals surface area contributed by atoms with Crippen molar-refractivity contribution >= 4 is 12.4 Å². The Hall–Kier alpha value is -1.01. The molecule has 0 fully saturated rings. The van der Waals surface area contributed by atoms with Crippen LogP contribution in [0.3, 0.4) is 0 Å². The lowest BCUT2D eigenvalue weighted by Gasteiger charge is -2.09. The van der Waals surface area contributed by atoms with E-state index in [2.05, 4.69) is 9.72 Å². The molecule has 0 spiro atoms. The lowest BCUT2D eigenvalue weighted by Crippen LogP contribution is -2.20. The molecular formula is C9H12ClF3N2O. The maximum Gasteiger partial charge on any atom is 0.422 e. The Balaban J connectivity index is 0.00000225. The Bertz CT molecular complexity index is 344. The molecule has 1 heterocycles. The summed E-state index contributed by atoms with van der Waals surface area (Å²) in [6, 6.07) is 3.02. The fourth-order valence-corrected chi connectivity index (χ4v) is 0.994. The fraction of sp³-hybridized carbons (Fsp3) is 0.444. The van der Waals surface area contributed by atoms with Crippen molar-refractivity contribution in [1.29, 1.82) is 0 Å². The van der Waals surface area contributed by atoms with Crippen molar-refractivity contribution in [2.45, 2.75) is 19.6 Å². The summed E-state index contributed by atoms with van der Waals surface area (Å²) in [5.74, 6) is -0.0571. The molecule has 0 atom stereocenters. The molecule has 1 aromatic rings. The molecule has 0 aliphatic rings. The van der Waals surface area contributed by atoms with Crippen molar-refractivity contribution in [2.75, 3.05) is 6.61 Å². The molecule has 0 aromatic carbocycles. The largest absolute Gasteiger partial charge is 0.468 e. The van der Waals surface area contributed by atoms with E-state index in [9.17, 15) is 13.2 Å². The molecule has 3 nitrogen and oxygen atoms in total. The number of hydrogen-bond acceptors (Lipinski definition) is 3. The van der Waals surface area contributed by atoms with Gasteiger partial charge in [0.2, 0.25) is 5.88 Å². The van der Waals surface area contributed by atoms with Crippen LogP contribution < -0.4 is 10.5 Å². The van der Waals surface area contributed by atoms with Gasteiger partial charge in [0.1, 0.15) is 0 Å². The van der Waals surface area contributed by atoms with Crippen LogP contribution in [0.25, 0.3) is 0 Å². The first kappa shape index (κ1) is 15.0. The maximum atomic E-state index is 11.8. The van der Waals surface area contributed by atoms with Gasteiger partial charge in [-0.2, -0.15) is 13.2 Å². The van der Waals surface area contributed by atoms with Gasteiger partial charge in [-0.05, 0) is 12.5 Å². The molecule has 16 heavy (non-hydrogen) atoms. The van der Waals surface area contributed by atoms with Gasteiger partial charge in [-0.25, -0.2) is 4.98 Å². The van der Waals surface area contributed by atoms with Gasteiger partial charge in [-0.15, -0.1) is 12.4 Å². The van der Waals surface area contributed by atoms with Crippen LogP contribution in [-0.4, -0.2) is 17.8 Å². The lowest BCUT2D eigenvalue weighted by molar-refractivity contribution is -0.154. The molecule has 0 bridgehead atoms. The van der Waals surface area contributed by atoms with E-state index >= 15 is 0 Å². The summed E-state index contributed by atoms with van der Waals surface area (Å²) in [6.07, 6.45) is -4.35. The molecule has 1 aromatic heterocycles. The highest BCUT2D eigenvalue weighted by Gasteiger charge is 2.28. The van der Waals surface area contributed by atoms with E-state index in [4.69, 9.17) is 5.73 Å². The molecule has 7 heteroatoms. The molecule has 0 radical (unpaired) electrons. The van der Waals surface area contributed by atoms with Crippen LogP contribution in [0.2, 0.25) is 0 Å². The number of rotatable bonds is 3. The molecule has 92 valence electrons. The summed E-state index contributed by atoms with van der Waals surface area (Å²) < 4.78 is 40.0. The van der Waals surface area contributed by atoms with Crippen LogP contribution in [0.15, 0.2) is 12.1 Å². The van der Waals surface area contributed by atoms with Crippen LogP contribution in [0.5, 0.6) is 5.88 Å². The predicted octanol–water partition coefficient (Wildman–Crippen LogP) is 2.21. The first-order valence-electron chi connectivity index (χ1n) is 4.28. The fourth-order valence-electron chi connectivity index (χ4n) is 0.994. The molecule has 0 amide bonds. The van der Waals surface area contributed by atoms with Crippen LogP contribution in [-0.2, 0) is 6.54 Å². The van der Waals surface area contributed by atoms with E-state index < -0.39 is 12.8 Å². The van der Waals surface area contributed by atoms with Crippen molar-refractivity contribution in [2.24, 2.45) is 5.73 Å². The molecule has 0 unspecified atom stereocenters. The number of alkyl halides is 3. The molecule has 0 aliphatic heterocycles. The van der Waals surface area contributed by atoms with Crippen molar-refractivity contribution in [1.82, 2.24) is 4.98 Å². The topological polar surface area (TPSA) is 48.1 Å². The third-order valence-corrected chi connectivity index (χ3v) is 1.75. The van der Waals surface area contributed by atoms with Crippen molar-refractivity contribution in [3.63, 3.8) is 0 Å². The molecule has 1 rings (SSSR count). The Labute approximate surface area is 97.2 Å². The minimum Gasteiger partial charge on any atom is -0.468 e. The van der Waals surface area contributed by atoms with Crippen LogP contribution >= 0.6 is 12.4 Å². The minimum absolute atomic E-state index is 0. The smallest absolute Gasteiger partial charge is 0.422 e. The van der Waals surface area contributed by atoms with Crippen LogP contribution in [0.4, 0.5) is 13.2 Å². The molecule has 0 saturated carbocycles. The molecule has 0 saturated heterocycles. The number of aryl methyl sites for hydroxylation is 1. The van der Waals surface area contributed by atoms with E-state index in [1.54, 1.807) is 13.0 Å². The van der Waals surface area contributed by atoms with Gasteiger partial charge in [0.15, 0.2) is 6.61 Å². The standard InChI is InChI=1S/C9H11F3N2O.ClH/c1-6-2-3-8(14-7(6)4-13)15-5-9(10,11)12;/h2-3H,4-5,13H2,1H3;1H. The quantitative estimate of drug-likeness (QED) is 0.902. The second-order valence-corrected chi connectivity index (χ2v) is 3.02. The second-order valence-electron chi connectivity index (χ2n) is 3.02. The normalized spacial score (nSPS) is 10.8. The number of aromatic nitrogens is 1. The van der Waals surface area contributed by atoms with Gasteiger partial charge in [0.05, 0.1) is 5.69 Å². The third kappa shape index (κ3) is 4.67. The van der Waals surface area contributed by atoms with Gasteiger partial charge in [0.25, 0.3) is 0 Å². The van der Waals surface area contributed by atoms with Gasteiger partial charge in [-0.3, -0.25) is 0 Å². The highest BCUT2D eigenvalue weighted by atomic mass is 35.5. The third-order valence-electron chi connectivity index (χ3n) is 1.75. The van der Waals surface area contributed by atoms with Crippen molar-refractivity contribution < 1.29 is 17.9 Å². The van der Waals surface area contributed by atoms with Gasteiger partial charge in [0, 0.05) is 12.6 Å². The van der Waals surface area contributed by atoms with E-state index in [0.717, 1.165) is 5.56 Å². The van der Waals surface area contributed by atoms with E-state index in [0.29, 0.717) is 5.69 Å². The molecular weight excluding hydrogens is 245 g/mol. The second kappa shape index (κ2) is 5.91. The van der Waals surface area contributed by atoms with E-state index in [1.807, 2.05) is 0 Å². The maximum absolute atomic E-state index is 11.8. The SMILES string of the molecule is Cc1ccc(OCC(F)(F)F)nc1CN.Cl. The summed E-state index contributed by atoms with van der Waals surface area (Å²) in [5, 5.41) is 0. The summed E-state index contributed by atoms with van der Waals surface area (Å²) in [5.41, 5.74) is 6.73. The first-order valence-corrected chi connectivity index (χ1v) is 4.28. The number of halogens is 4. The van der Waals surface area contributed by atoms with Crippen LogP contribution in [0, 0.1) is 6.92 Å². The number of nitrogens with zero attached hydrogens (tertiary/aromatic N) is 1. The first-order chi connectivity index (χ1) is 6.92. The summed E-state index contributed by atoms with van der Waals surface area (Å²) in [4.78, 5) is 3.85. The average Bonchev–Trinajstić information content (AvgIpc) is 2.15. The van der Waals surface area contributed by atoms with Crippen LogP contribution in [0.1, 0.15) is 11.3 Å². The zero-order chi connectivity index (χ0) is 11.5. The Morgan fingerprint density at radius 2 is 2.00 bits per heavy atom. The number of hydrogen-bond donors (Lipinski definition) is 1. The number of pyridine rings is 1. The molecule has 2 N–H and O–H groups in total. The zero-order valence-corrected chi connectivity index (χ0v) is 9.36. The summed E-state index contributed by atoms with van der Waals surface area (Å²) in [6.45, 7) is 0.616. The zero-order valence-electron chi connectivity index (χ0n) is 8.54.